The number of carbonyl (C=O) groups excluding carboxylic acids is 1. The first kappa shape index (κ1) is 15.1. The monoisotopic (exact) mass is 318 g/mol. The summed E-state index contributed by atoms with van der Waals surface area (Å²) in [5.41, 5.74) is 1.95. The van der Waals surface area contributed by atoms with Crippen molar-refractivity contribution < 1.29 is 4.79 Å². The van der Waals surface area contributed by atoms with E-state index in [1.807, 2.05) is 18.2 Å². The van der Waals surface area contributed by atoms with Crippen molar-refractivity contribution in [1.82, 2.24) is 20.8 Å². The Bertz CT molecular complexity index is 649. The molecule has 2 heterocycles. The van der Waals surface area contributed by atoms with Crippen LogP contribution < -0.4 is 10.6 Å². The number of hydrogen-bond donors (Lipinski definition) is 3. The van der Waals surface area contributed by atoms with Gasteiger partial charge in [-0.15, -0.1) is 0 Å². The molecular weight excluding hydrogens is 300 g/mol. The molecule has 1 aliphatic heterocycles. The fraction of sp³-hybridized carbons (Fsp3) is 0.375. The van der Waals surface area contributed by atoms with Crippen molar-refractivity contribution in [2.75, 3.05) is 19.6 Å². The third kappa shape index (κ3) is 3.48. The standard InChI is InChI=1S/C16H19ClN4O/c17-13-4-2-1-3-12(13)14-9-15(21-20-14)16(22)19-8-6-11-5-7-18-10-11/h1-4,9,11,18H,5-8,10H2,(H,19,22)(H,20,21). The van der Waals surface area contributed by atoms with Gasteiger partial charge in [0.2, 0.25) is 0 Å². The number of rotatable bonds is 5. The van der Waals surface area contributed by atoms with Crippen LogP contribution in [0.1, 0.15) is 23.3 Å². The third-order valence-corrected chi connectivity index (χ3v) is 4.30. The first-order valence-electron chi connectivity index (χ1n) is 7.53. The lowest BCUT2D eigenvalue weighted by molar-refractivity contribution is 0.0946. The van der Waals surface area contributed by atoms with Crippen molar-refractivity contribution in [3.63, 3.8) is 0 Å². The predicted octanol–water partition coefficient (Wildman–Crippen LogP) is 2.46. The molecule has 1 amide bonds. The maximum atomic E-state index is 12.1. The molecule has 1 aliphatic rings. The molecule has 1 aromatic carbocycles. The Balaban J connectivity index is 1.58. The highest BCUT2D eigenvalue weighted by Crippen LogP contribution is 2.26. The van der Waals surface area contributed by atoms with Crippen molar-refractivity contribution >= 4 is 17.5 Å². The Morgan fingerprint density at radius 2 is 2.27 bits per heavy atom. The summed E-state index contributed by atoms with van der Waals surface area (Å²) in [6.45, 7) is 2.82. The molecule has 3 N–H and O–H groups in total. The zero-order valence-electron chi connectivity index (χ0n) is 12.2. The largest absolute Gasteiger partial charge is 0.351 e. The van der Waals surface area contributed by atoms with Crippen LogP contribution in [0.15, 0.2) is 30.3 Å². The summed E-state index contributed by atoms with van der Waals surface area (Å²) in [6.07, 6.45) is 2.20. The molecule has 0 saturated carbocycles. The fourth-order valence-corrected chi connectivity index (χ4v) is 2.92. The van der Waals surface area contributed by atoms with Crippen LogP contribution in [0.25, 0.3) is 11.3 Å². The molecule has 1 unspecified atom stereocenters. The molecule has 0 bridgehead atoms. The van der Waals surface area contributed by atoms with Gasteiger partial charge >= 0.3 is 0 Å². The van der Waals surface area contributed by atoms with Crippen molar-refractivity contribution in [1.29, 1.82) is 0 Å². The lowest BCUT2D eigenvalue weighted by atomic mass is 10.1. The van der Waals surface area contributed by atoms with Crippen LogP contribution in [0.2, 0.25) is 5.02 Å². The van der Waals surface area contributed by atoms with Crippen molar-refractivity contribution in [2.24, 2.45) is 5.92 Å². The highest BCUT2D eigenvalue weighted by molar-refractivity contribution is 6.33. The topological polar surface area (TPSA) is 69.8 Å². The van der Waals surface area contributed by atoms with Crippen LogP contribution in [0.5, 0.6) is 0 Å². The summed E-state index contributed by atoms with van der Waals surface area (Å²) < 4.78 is 0. The molecule has 0 radical (unpaired) electrons. The molecular formula is C16H19ClN4O. The number of benzene rings is 1. The number of nitrogens with zero attached hydrogens (tertiary/aromatic N) is 1. The van der Waals surface area contributed by atoms with Crippen molar-refractivity contribution in [3.05, 3.63) is 41.0 Å². The molecule has 1 saturated heterocycles. The van der Waals surface area contributed by atoms with Crippen molar-refractivity contribution in [3.8, 4) is 11.3 Å². The molecule has 0 aliphatic carbocycles. The molecule has 1 atom stereocenters. The van der Waals surface area contributed by atoms with E-state index < -0.39 is 0 Å². The number of H-pyrrole nitrogens is 1. The minimum absolute atomic E-state index is 0.128. The number of nitrogens with one attached hydrogen (secondary N) is 3. The summed E-state index contributed by atoms with van der Waals surface area (Å²) >= 11 is 6.14. The molecule has 6 heteroatoms. The van der Waals surface area contributed by atoms with E-state index in [2.05, 4.69) is 20.8 Å². The van der Waals surface area contributed by atoms with Gasteiger partial charge in [0.1, 0.15) is 5.69 Å². The zero-order valence-corrected chi connectivity index (χ0v) is 13.0. The minimum atomic E-state index is -0.128. The van der Waals surface area contributed by atoms with Gasteiger partial charge < -0.3 is 10.6 Å². The molecule has 2 aromatic rings. The number of hydrogen-bond acceptors (Lipinski definition) is 3. The molecule has 1 fully saturated rings. The summed E-state index contributed by atoms with van der Waals surface area (Å²) in [5, 5.41) is 13.8. The van der Waals surface area contributed by atoms with Gasteiger partial charge in [0.15, 0.2) is 0 Å². The lowest BCUT2D eigenvalue weighted by Gasteiger charge is -2.08. The average Bonchev–Trinajstić information content (AvgIpc) is 3.19. The van der Waals surface area contributed by atoms with Gasteiger partial charge in [-0.25, -0.2) is 0 Å². The van der Waals surface area contributed by atoms with E-state index in [0.29, 0.717) is 28.9 Å². The summed E-state index contributed by atoms with van der Waals surface area (Å²) in [7, 11) is 0. The summed E-state index contributed by atoms with van der Waals surface area (Å²) in [4.78, 5) is 12.1. The number of aromatic nitrogens is 2. The Kier molecular flexibility index (Phi) is 4.75. The molecule has 5 nitrogen and oxygen atoms in total. The van der Waals surface area contributed by atoms with E-state index >= 15 is 0 Å². The zero-order chi connectivity index (χ0) is 15.4. The van der Waals surface area contributed by atoms with E-state index in [0.717, 1.165) is 25.1 Å². The Morgan fingerprint density at radius 3 is 3.05 bits per heavy atom. The Morgan fingerprint density at radius 1 is 1.41 bits per heavy atom. The predicted molar refractivity (Wildman–Crippen MR) is 87.0 cm³/mol. The van der Waals surface area contributed by atoms with Crippen LogP contribution in [0, 0.1) is 5.92 Å². The van der Waals surface area contributed by atoms with E-state index in [1.165, 1.54) is 6.42 Å². The first-order valence-corrected chi connectivity index (χ1v) is 7.91. The van der Waals surface area contributed by atoms with Crippen LogP contribution in [0.3, 0.4) is 0 Å². The lowest BCUT2D eigenvalue weighted by Crippen LogP contribution is -2.26. The van der Waals surface area contributed by atoms with Gasteiger partial charge in [0, 0.05) is 12.1 Å². The smallest absolute Gasteiger partial charge is 0.269 e. The van der Waals surface area contributed by atoms with Crippen LogP contribution in [-0.4, -0.2) is 35.7 Å². The van der Waals surface area contributed by atoms with E-state index in [1.54, 1.807) is 12.1 Å². The fourth-order valence-electron chi connectivity index (χ4n) is 2.69. The summed E-state index contributed by atoms with van der Waals surface area (Å²) in [6, 6.07) is 9.18. The third-order valence-electron chi connectivity index (χ3n) is 3.97. The molecule has 1 aromatic heterocycles. The van der Waals surface area contributed by atoms with Crippen LogP contribution in [0.4, 0.5) is 0 Å². The average molecular weight is 319 g/mol. The van der Waals surface area contributed by atoms with Crippen LogP contribution in [-0.2, 0) is 0 Å². The van der Waals surface area contributed by atoms with Gasteiger partial charge in [0.05, 0.1) is 10.7 Å². The van der Waals surface area contributed by atoms with Crippen LogP contribution >= 0.6 is 11.6 Å². The molecule has 22 heavy (non-hydrogen) atoms. The maximum Gasteiger partial charge on any atom is 0.269 e. The first-order chi connectivity index (χ1) is 10.7. The Labute approximate surface area is 134 Å². The normalized spacial score (nSPS) is 17.6. The molecule has 0 spiro atoms. The quantitative estimate of drug-likeness (QED) is 0.793. The minimum Gasteiger partial charge on any atom is -0.351 e. The molecule has 3 rings (SSSR count). The number of aromatic amines is 1. The second-order valence-electron chi connectivity index (χ2n) is 5.55. The van der Waals surface area contributed by atoms with E-state index in [4.69, 9.17) is 11.6 Å². The maximum absolute atomic E-state index is 12.1. The highest BCUT2D eigenvalue weighted by Gasteiger charge is 2.16. The Hall–Kier alpha value is -1.85. The van der Waals surface area contributed by atoms with Gasteiger partial charge in [-0.2, -0.15) is 5.10 Å². The van der Waals surface area contributed by atoms with Gasteiger partial charge in [0.25, 0.3) is 5.91 Å². The number of amides is 1. The molecule has 116 valence electrons. The van der Waals surface area contributed by atoms with E-state index in [-0.39, 0.29) is 5.91 Å². The number of carbonyl (C=O) groups is 1. The van der Waals surface area contributed by atoms with Crippen molar-refractivity contribution in [2.45, 2.75) is 12.8 Å². The highest BCUT2D eigenvalue weighted by atomic mass is 35.5. The second kappa shape index (κ2) is 6.94. The van der Waals surface area contributed by atoms with Gasteiger partial charge in [-0.05, 0) is 44.0 Å². The SMILES string of the molecule is O=C(NCCC1CCNC1)c1cc(-c2ccccc2Cl)n[nH]1. The van der Waals surface area contributed by atoms with Gasteiger partial charge in [-0.3, -0.25) is 9.89 Å². The van der Waals surface area contributed by atoms with E-state index in [9.17, 15) is 4.79 Å². The number of halogens is 1. The van der Waals surface area contributed by atoms with Gasteiger partial charge in [-0.1, -0.05) is 29.8 Å². The second-order valence-corrected chi connectivity index (χ2v) is 5.96. The summed E-state index contributed by atoms with van der Waals surface area (Å²) in [5.74, 6) is 0.539.